The van der Waals surface area contributed by atoms with Crippen molar-refractivity contribution in [1.29, 1.82) is 0 Å². The first kappa shape index (κ1) is 12.9. The molecular weight excluding hydrogens is 230 g/mol. The van der Waals surface area contributed by atoms with E-state index < -0.39 is 0 Å². The summed E-state index contributed by atoms with van der Waals surface area (Å²) in [5.41, 5.74) is 1.13. The SMILES string of the molecule is COc1ccc(CCC(=O)N2CC[C@H](O)C2)cc1. The van der Waals surface area contributed by atoms with Gasteiger partial charge in [-0.1, -0.05) is 12.1 Å². The maximum Gasteiger partial charge on any atom is 0.222 e. The number of ether oxygens (including phenoxy) is 1. The van der Waals surface area contributed by atoms with Gasteiger partial charge in [0, 0.05) is 19.5 Å². The smallest absolute Gasteiger partial charge is 0.222 e. The standard InChI is InChI=1S/C14H19NO3/c1-18-13-5-2-11(3-6-13)4-7-14(17)15-9-8-12(16)10-15/h2-3,5-6,12,16H,4,7-10H2,1H3/t12-/m0/s1. The quantitative estimate of drug-likeness (QED) is 0.873. The minimum atomic E-state index is -0.338. The molecule has 0 radical (unpaired) electrons. The lowest BCUT2D eigenvalue weighted by Gasteiger charge is -2.15. The maximum atomic E-state index is 11.9. The first-order chi connectivity index (χ1) is 8.69. The number of carbonyl (C=O) groups excluding carboxylic acids is 1. The van der Waals surface area contributed by atoms with Gasteiger partial charge < -0.3 is 14.7 Å². The second-order valence-electron chi connectivity index (χ2n) is 4.63. The van der Waals surface area contributed by atoms with Crippen LogP contribution < -0.4 is 4.74 Å². The first-order valence-electron chi connectivity index (χ1n) is 6.28. The number of β-amino-alcohol motifs (C(OH)–C–C–N with tert-alkyl or cyclic N) is 1. The molecule has 0 unspecified atom stereocenters. The van der Waals surface area contributed by atoms with Crippen LogP contribution in [0.2, 0.25) is 0 Å². The van der Waals surface area contributed by atoms with Gasteiger partial charge in [0.05, 0.1) is 13.2 Å². The molecule has 1 aromatic carbocycles. The molecule has 18 heavy (non-hydrogen) atoms. The van der Waals surface area contributed by atoms with E-state index in [1.807, 2.05) is 24.3 Å². The lowest BCUT2D eigenvalue weighted by molar-refractivity contribution is -0.130. The van der Waals surface area contributed by atoms with Crippen LogP contribution in [-0.2, 0) is 11.2 Å². The highest BCUT2D eigenvalue weighted by molar-refractivity contribution is 5.76. The molecule has 2 rings (SSSR count). The van der Waals surface area contributed by atoms with Crippen LogP contribution >= 0.6 is 0 Å². The average Bonchev–Trinajstić information content (AvgIpc) is 2.83. The van der Waals surface area contributed by atoms with Gasteiger partial charge in [0.25, 0.3) is 0 Å². The van der Waals surface area contributed by atoms with Crippen molar-refractivity contribution in [2.24, 2.45) is 0 Å². The van der Waals surface area contributed by atoms with Gasteiger partial charge in [0.1, 0.15) is 5.75 Å². The molecule has 1 amide bonds. The number of aryl methyl sites for hydroxylation is 1. The average molecular weight is 249 g/mol. The normalized spacial score (nSPS) is 19.0. The van der Waals surface area contributed by atoms with Crippen LogP contribution in [0.4, 0.5) is 0 Å². The van der Waals surface area contributed by atoms with Crippen LogP contribution in [0.5, 0.6) is 5.75 Å². The summed E-state index contributed by atoms with van der Waals surface area (Å²) in [5, 5.41) is 9.38. The van der Waals surface area contributed by atoms with E-state index in [-0.39, 0.29) is 12.0 Å². The Morgan fingerprint density at radius 1 is 1.44 bits per heavy atom. The fourth-order valence-corrected chi connectivity index (χ4v) is 2.17. The molecule has 1 aliphatic heterocycles. The molecule has 4 nitrogen and oxygen atoms in total. The summed E-state index contributed by atoms with van der Waals surface area (Å²) < 4.78 is 5.08. The molecule has 0 aromatic heterocycles. The number of rotatable bonds is 4. The second-order valence-corrected chi connectivity index (χ2v) is 4.63. The van der Waals surface area contributed by atoms with Gasteiger partial charge in [-0.2, -0.15) is 0 Å². The van der Waals surface area contributed by atoms with Crippen LogP contribution in [0.3, 0.4) is 0 Å². The zero-order chi connectivity index (χ0) is 13.0. The van der Waals surface area contributed by atoms with Crippen molar-refractivity contribution in [3.63, 3.8) is 0 Å². The van der Waals surface area contributed by atoms with Gasteiger partial charge in [-0.25, -0.2) is 0 Å². The van der Waals surface area contributed by atoms with Crippen molar-refractivity contribution in [1.82, 2.24) is 4.90 Å². The van der Waals surface area contributed by atoms with E-state index in [4.69, 9.17) is 4.74 Å². The van der Waals surface area contributed by atoms with Crippen LogP contribution in [0.1, 0.15) is 18.4 Å². The lowest BCUT2D eigenvalue weighted by atomic mass is 10.1. The maximum absolute atomic E-state index is 11.9. The first-order valence-corrected chi connectivity index (χ1v) is 6.28. The number of benzene rings is 1. The Bertz CT molecular complexity index is 402. The van der Waals surface area contributed by atoms with E-state index in [2.05, 4.69) is 0 Å². The van der Waals surface area contributed by atoms with Crippen LogP contribution in [0.25, 0.3) is 0 Å². The minimum Gasteiger partial charge on any atom is -0.497 e. The molecule has 98 valence electrons. The van der Waals surface area contributed by atoms with Crippen molar-refractivity contribution in [2.45, 2.75) is 25.4 Å². The molecule has 0 bridgehead atoms. The highest BCUT2D eigenvalue weighted by Crippen LogP contribution is 2.14. The van der Waals surface area contributed by atoms with E-state index >= 15 is 0 Å². The number of aliphatic hydroxyl groups is 1. The fraction of sp³-hybridized carbons (Fsp3) is 0.500. The van der Waals surface area contributed by atoms with Crippen molar-refractivity contribution in [2.75, 3.05) is 20.2 Å². The van der Waals surface area contributed by atoms with Crippen LogP contribution in [0.15, 0.2) is 24.3 Å². The summed E-state index contributed by atoms with van der Waals surface area (Å²) in [4.78, 5) is 13.6. The molecule has 1 fully saturated rings. The van der Waals surface area contributed by atoms with Crippen LogP contribution in [0, 0.1) is 0 Å². The van der Waals surface area contributed by atoms with Crippen molar-refractivity contribution >= 4 is 5.91 Å². The van der Waals surface area contributed by atoms with Crippen molar-refractivity contribution in [3.8, 4) is 5.75 Å². The second kappa shape index (κ2) is 5.87. The number of nitrogens with zero attached hydrogens (tertiary/aromatic N) is 1. The Morgan fingerprint density at radius 2 is 2.17 bits per heavy atom. The third kappa shape index (κ3) is 3.23. The topological polar surface area (TPSA) is 49.8 Å². The highest BCUT2D eigenvalue weighted by atomic mass is 16.5. The number of carbonyl (C=O) groups is 1. The largest absolute Gasteiger partial charge is 0.497 e. The summed E-state index contributed by atoms with van der Waals surface area (Å²) >= 11 is 0. The predicted molar refractivity (Wildman–Crippen MR) is 68.5 cm³/mol. The Kier molecular flexibility index (Phi) is 4.20. The van der Waals surface area contributed by atoms with E-state index in [0.29, 0.717) is 25.9 Å². The van der Waals surface area contributed by atoms with Gasteiger partial charge in [0.2, 0.25) is 5.91 Å². The number of aliphatic hydroxyl groups excluding tert-OH is 1. The fourth-order valence-electron chi connectivity index (χ4n) is 2.17. The molecule has 0 spiro atoms. The molecule has 0 aliphatic carbocycles. The molecule has 0 saturated carbocycles. The van der Waals surface area contributed by atoms with E-state index in [1.165, 1.54) is 0 Å². The third-order valence-corrected chi connectivity index (χ3v) is 3.30. The highest BCUT2D eigenvalue weighted by Gasteiger charge is 2.23. The molecule has 1 atom stereocenters. The number of likely N-dealkylation sites (tertiary alicyclic amines) is 1. The number of amides is 1. The number of methoxy groups -OCH3 is 1. The zero-order valence-electron chi connectivity index (χ0n) is 10.6. The van der Waals surface area contributed by atoms with Gasteiger partial charge >= 0.3 is 0 Å². The van der Waals surface area contributed by atoms with E-state index in [0.717, 1.165) is 17.7 Å². The summed E-state index contributed by atoms with van der Waals surface area (Å²) in [7, 11) is 1.64. The van der Waals surface area contributed by atoms with Gasteiger partial charge in [-0.05, 0) is 30.5 Å². The molecule has 1 N–H and O–H groups in total. The molecule has 1 saturated heterocycles. The predicted octanol–water partition coefficient (Wildman–Crippen LogP) is 1.22. The van der Waals surface area contributed by atoms with E-state index in [9.17, 15) is 9.90 Å². The summed E-state index contributed by atoms with van der Waals surface area (Å²) in [5.74, 6) is 0.954. The lowest BCUT2D eigenvalue weighted by Crippen LogP contribution is -2.29. The minimum absolute atomic E-state index is 0.127. The Hall–Kier alpha value is -1.55. The van der Waals surface area contributed by atoms with Crippen molar-refractivity contribution in [3.05, 3.63) is 29.8 Å². The number of hydrogen-bond acceptors (Lipinski definition) is 3. The molecule has 1 aliphatic rings. The molecule has 1 heterocycles. The Labute approximate surface area is 107 Å². The number of hydrogen-bond donors (Lipinski definition) is 1. The summed E-state index contributed by atoms with van der Waals surface area (Å²) in [6, 6.07) is 7.76. The molecule has 4 heteroatoms. The Balaban J connectivity index is 1.81. The zero-order valence-corrected chi connectivity index (χ0v) is 10.6. The monoisotopic (exact) mass is 249 g/mol. The summed E-state index contributed by atoms with van der Waals surface area (Å²) in [6.07, 6.45) is 1.60. The molecule has 1 aromatic rings. The van der Waals surface area contributed by atoms with Crippen LogP contribution in [-0.4, -0.2) is 42.2 Å². The van der Waals surface area contributed by atoms with Gasteiger partial charge in [-0.3, -0.25) is 4.79 Å². The van der Waals surface area contributed by atoms with E-state index in [1.54, 1.807) is 12.0 Å². The summed E-state index contributed by atoms with van der Waals surface area (Å²) in [6.45, 7) is 1.17. The third-order valence-electron chi connectivity index (χ3n) is 3.30. The van der Waals surface area contributed by atoms with Gasteiger partial charge in [0.15, 0.2) is 0 Å². The molecular formula is C14H19NO3. The van der Waals surface area contributed by atoms with Crippen molar-refractivity contribution < 1.29 is 14.6 Å². The Morgan fingerprint density at radius 3 is 2.72 bits per heavy atom. The van der Waals surface area contributed by atoms with Gasteiger partial charge in [-0.15, -0.1) is 0 Å².